The van der Waals surface area contributed by atoms with E-state index in [9.17, 15) is 0 Å². The van der Waals surface area contributed by atoms with Gasteiger partial charge in [0.15, 0.2) is 0 Å². The van der Waals surface area contributed by atoms with Gasteiger partial charge in [-0.3, -0.25) is 0 Å². The largest absolute Gasteiger partial charge is 0.348 e. The lowest BCUT2D eigenvalue weighted by molar-refractivity contribution is 0.298. The summed E-state index contributed by atoms with van der Waals surface area (Å²) in [6.45, 7) is 28.9. The van der Waals surface area contributed by atoms with Gasteiger partial charge in [0.25, 0.3) is 0 Å². The Kier molecular flexibility index (Phi) is 14.6. The summed E-state index contributed by atoms with van der Waals surface area (Å²) in [6.07, 6.45) is 2.52. The van der Waals surface area contributed by atoms with Gasteiger partial charge in [0.2, 0.25) is 0 Å². The fourth-order valence-electron chi connectivity index (χ4n) is 6.62. The maximum atomic E-state index is 2.65. The zero-order chi connectivity index (χ0) is 32.7. The minimum atomic E-state index is 0.291. The summed E-state index contributed by atoms with van der Waals surface area (Å²) in [5.41, 5.74) is 12.4. The third-order valence-corrected chi connectivity index (χ3v) is 9.12. The van der Waals surface area contributed by atoms with Crippen molar-refractivity contribution in [3.05, 3.63) is 45.0 Å². The number of hydrogen-bond donors (Lipinski definition) is 0. The fraction of sp³-hybridized carbons (Fsp3) is 0.778. The van der Waals surface area contributed by atoms with Gasteiger partial charge in [-0.1, -0.05) is 48.0 Å². The van der Waals surface area contributed by atoms with Crippen LogP contribution in [0.5, 0.6) is 0 Å². The molecule has 2 atom stereocenters. The molecule has 2 heterocycles. The summed E-state index contributed by atoms with van der Waals surface area (Å²) in [6, 6.07) is 0. The summed E-state index contributed by atoms with van der Waals surface area (Å²) < 4.78 is 5.29. The van der Waals surface area contributed by atoms with Crippen molar-refractivity contribution in [3.8, 4) is 0 Å². The van der Waals surface area contributed by atoms with E-state index < -0.39 is 0 Å². The van der Waals surface area contributed by atoms with Crippen molar-refractivity contribution in [2.45, 2.75) is 121 Å². The average Bonchev–Trinajstić information content (AvgIpc) is 3.27. The van der Waals surface area contributed by atoms with Crippen molar-refractivity contribution in [1.82, 2.24) is 28.7 Å². The Bertz CT molecular complexity index is 966. The molecule has 3 rings (SSSR count). The summed E-state index contributed by atoms with van der Waals surface area (Å²) in [5.74, 6) is 0. The van der Waals surface area contributed by atoms with Crippen LogP contribution in [0.1, 0.15) is 99.4 Å². The molecule has 2 aromatic heterocycles. The predicted molar refractivity (Wildman–Crippen MR) is 186 cm³/mol. The molecule has 6 heteroatoms. The van der Waals surface area contributed by atoms with Crippen molar-refractivity contribution in [2.24, 2.45) is 10.8 Å². The average molecular weight is 587 g/mol. The van der Waals surface area contributed by atoms with Crippen LogP contribution in [0.2, 0.25) is 0 Å². The zero-order valence-electron chi connectivity index (χ0n) is 31.3. The Morgan fingerprint density at radius 2 is 0.690 bits per heavy atom. The van der Waals surface area contributed by atoms with E-state index in [2.05, 4.69) is 141 Å². The molecule has 2 unspecified atom stereocenters. The second-order valence-corrected chi connectivity index (χ2v) is 14.4. The van der Waals surface area contributed by atoms with Crippen molar-refractivity contribution in [1.29, 1.82) is 0 Å². The molecule has 0 spiro atoms. The summed E-state index contributed by atoms with van der Waals surface area (Å²) >= 11 is 0. The van der Waals surface area contributed by atoms with E-state index in [-0.39, 0.29) is 0 Å². The topological polar surface area (TPSA) is 22.8 Å². The normalized spacial score (nSPS) is 19.9. The summed E-state index contributed by atoms with van der Waals surface area (Å²) in [5, 5.41) is 0. The molecular formula is C36H70N6. The Morgan fingerprint density at radius 3 is 0.857 bits per heavy atom. The quantitative estimate of drug-likeness (QED) is 0.260. The van der Waals surface area contributed by atoms with Gasteiger partial charge in [-0.25, -0.2) is 0 Å². The highest BCUT2D eigenvalue weighted by Gasteiger charge is 2.61. The molecular weight excluding hydrogens is 516 g/mol. The first-order valence-corrected chi connectivity index (χ1v) is 16.4. The standard InChI is InChI=1S/C31H56N6.C3H8.C2H6/c1-22-26(15-32(7)8)27(16-33(9)10)23(2)36(22)20-30(5)19-31(30,6)21-37-24(3)28(17-34(11)12)29(25(37)4)18-35(13)14;1-3-2;1-2/h15-21H2,1-14H3;3H2,1-2H3;1-2H3. The van der Waals surface area contributed by atoms with Gasteiger partial charge >= 0.3 is 0 Å². The van der Waals surface area contributed by atoms with Crippen LogP contribution >= 0.6 is 0 Å². The molecule has 6 nitrogen and oxygen atoms in total. The van der Waals surface area contributed by atoms with Crippen LogP contribution < -0.4 is 0 Å². The highest BCUT2D eigenvalue weighted by atomic mass is 15.1. The highest BCUT2D eigenvalue weighted by Crippen LogP contribution is 2.65. The van der Waals surface area contributed by atoms with Gasteiger partial charge in [0, 0.05) is 62.0 Å². The molecule has 244 valence electrons. The van der Waals surface area contributed by atoms with E-state index in [1.54, 1.807) is 0 Å². The van der Waals surface area contributed by atoms with E-state index in [0.717, 1.165) is 39.3 Å². The monoisotopic (exact) mass is 587 g/mol. The molecule has 0 radical (unpaired) electrons. The minimum absolute atomic E-state index is 0.291. The van der Waals surface area contributed by atoms with Crippen LogP contribution in [0, 0.1) is 38.5 Å². The minimum Gasteiger partial charge on any atom is -0.348 e. The molecule has 2 aromatic rings. The van der Waals surface area contributed by atoms with Gasteiger partial charge < -0.3 is 28.7 Å². The third-order valence-electron chi connectivity index (χ3n) is 9.12. The van der Waals surface area contributed by atoms with Crippen molar-refractivity contribution in [3.63, 3.8) is 0 Å². The first-order valence-electron chi connectivity index (χ1n) is 16.4. The molecule has 0 saturated heterocycles. The van der Waals surface area contributed by atoms with Crippen molar-refractivity contribution >= 4 is 0 Å². The molecule has 0 aromatic carbocycles. The lowest BCUT2D eigenvalue weighted by Crippen LogP contribution is -2.22. The Hall–Kier alpha value is -1.60. The predicted octanol–water partition coefficient (Wildman–Crippen LogP) is 7.33. The van der Waals surface area contributed by atoms with E-state index in [0.29, 0.717) is 10.8 Å². The Balaban J connectivity index is 0.00000165. The Labute approximate surface area is 262 Å². The van der Waals surface area contributed by atoms with Crippen LogP contribution in [0.25, 0.3) is 0 Å². The van der Waals surface area contributed by atoms with Gasteiger partial charge in [-0.2, -0.15) is 0 Å². The number of aromatic nitrogens is 2. The van der Waals surface area contributed by atoms with Crippen LogP contribution in [0.15, 0.2) is 0 Å². The van der Waals surface area contributed by atoms with Gasteiger partial charge in [0.05, 0.1) is 0 Å². The molecule has 1 aliphatic carbocycles. The fourth-order valence-corrected chi connectivity index (χ4v) is 6.62. The van der Waals surface area contributed by atoms with E-state index >= 15 is 0 Å². The second-order valence-electron chi connectivity index (χ2n) is 14.4. The summed E-state index contributed by atoms with van der Waals surface area (Å²) in [4.78, 5) is 9.23. The number of nitrogens with zero attached hydrogens (tertiary/aromatic N) is 6. The lowest BCUT2D eigenvalue weighted by atomic mass is 9.95. The molecule has 1 aliphatic rings. The van der Waals surface area contributed by atoms with Crippen molar-refractivity contribution in [2.75, 3.05) is 56.4 Å². The summed E-state index contributed by atoms with van der Waals surface area (Å²) in [7, 11) is 17.5. The van der Waals surface area contributed by atoms with Crippen LogP contribution in [-0.4, -0.2) is 85.1 Å². The van der Waals surface area contributed by atoms with E-state index in [1.165, 1.54) is 57.9 Å². The maximum absolute atomic E-state index is 2.65. The molecule has 42 heavy (non-hydrogen) atoms. The maximum Gasteiger partial charge on any atom is 0.0284 e. The molecule has 1 fully saturated rings. The number of rotatable bonds is 12. The van der Waals surface area contributed by atoms with Crippen LogP contribution in [0.4, 0.5) is 0 Å². The Morgan fingerprint density at radius 1 is 0.500 bits per heavy atom. The molecule has 0 N–H and O–H groups in total. The first kappa shape index (κ1) is 38.4. The van der Waals surface area contributed by atoms with E-state index in [1.807, 2.05) is 13.8 Å². The highest BCUT2D eigenvalue weighted by molar-refractivity contribution is 5.40. The second kappa shape index (κ2) is 15.9. The van der Waals surface area contributed by atoms with Crippen molar-refractivity contribution < 1.29 is 0 Å². The zero-order valence-corrected chi connectivity index (χ0v) is 31.3. The smallest absolute Gasteiger partial charge is 0.0284 e. The third kappa shape index (κ3) is 8.97. The number of hydrogen-bond acceptors (Lipinski definition) is 4. The molecule has 1 saturated carbocycles. The van der Waals surface area contributed by atoms with Gasteiger partial charge in [-0.05, 0) is 124 Å². The lowest BCUT2D eigenvalue weighted by Gasteiger charge is -2.24. The van der Waals surface area contributed by atoms with E-state index in [4.69, 9.17) is 0 Å². The van der Waals surface area contributed by atoms with Gasteiger partial charge in [-0.15, -0.1) is 0 Å². The van der Waals surface area contributed by atoms with Crippen LogP contribution in [-0.2, 0) is 39.3 Å². The molecule has 0 aliphatic heterocycles. The molecule has 0 amide bonds. The molecule has 0 bridgehead atoms. The van der Waals surface area contributed by atoms with Crippen LogP contribution in [0.3, 0.4) is 0 Å². The first-order chi connectivity index (χ1) is 19.4. The van der Waals surface area contributed by atoms with Gasteiger partial charge in [0.1, 0.15) is 0 Å². The SMILES string of the molecule is CC.CCC.Cc1c(CN(C)C)c(CN(C)C)c(C)n1CC1(C)CC1(C)Cn1c(C)c(CN(C)C)c(CN(C)C)c1C.